The van der Waals surface area contributed by atoms with Gasteiger partial charge in [-0.25, -0.2) is 4.98 Å². The van der Waals surface area contributed by atoms with Gasteiger partial charge in [-0.1, -0.05) is 19.8 Å². The van der Waals surface area contributed by atoms with Gasteiger partial charge in [-0.15, -0.1) is 11.3 Å². The highest BCUT2D eigenvalue weighted by atomic mass is 32.1. The molecule has 1 N–H and O–H groups in total. The molecule has 1 aliphatic rings. The van der Waals surface area contributed by atoms with Crippen LogP contribution in [0.1, 0.15) is 38.3 Å². The number of carbonyl (C=O) groups excluding carboxylic acids is 1. The molecule has 2 atom stereocenters. The normalized spacial score (nSPS) is 22.1. The van der Waals surface area contributed by atoms with Crippen molar-refractivity contribution in [3.63, 3.8) is 0 Å². The van der Waals surface area contributed by atoms with E-state index >= 15 is 0 Å². The first-order valence-electron chi connectivity index (χ1n) is 7.48. The van der Waals surface area contributed by atoms with Crippen LogP contribution in [-0.4, -0.2) is 16.9 Å². The number of nitrogens with zero attached hydrogens (tertiary/aromatic N) is 1. The van der Waals surface area contributed by atoms with E-state index in [0.717, 1.165) is 22.7 Å². The van der Waals surface area contributed by atoms with Crippen molar-refractivity contribution in [3.8, 4) is 10.6 Å². The quantitative estimate of drug-likeness (QED) is 0.921. The predicted molar refractivity (Wildman–Crippen MR) is 88.7 cm³/mol. The van der Waals surface area contributed by atoms with Gasteiger partial charge in [0.05, 0.1) is 12.1 Å². The minimum absolute atomic E-state index is 0.107. The van der Waals surface area contributed by atoms with E-state index in [0.29, 0.717) is 18.4 Å². The number of hydrogen-bond donors (Lipinski definition) is 1. The summed E-state index contributed by atoms with van der Waals surface area (Å²) in [5, 5.41) is 10.3. The van der Waals surface area contributed by atoms with E-state index in [2.05, 4.69) is 28.7 Å². The number of aromatic nitrogens is 1. The summed E-state index contributed by atoms with van der Waals surface area (Å²) in [4.78, 5) is 16.7. The molecule has 0 aromatic carbocycles. The molecule has 0 aliphatic heterocycles. The smallest absolute Gasteiger partial charge is 0.226 e. The molecule has 1 aliphatic carbocycles. The number of thiazole rings is 1. The second kappa shape index (κ2) is 6.71. The monoisotopic (exact) mass is 320 g/mol. The minimum atomic E-state index is 0.107. The summed E-state index contributed by atoms with van der Waals surface area (Å²) in [6.45, 7) is 2.24. The molecule has 0 bridgehead atoms. The SMILES string of the molecule is CC1CCCCC1NC(=O)Cc1csc(-c2ccsc2)n1. The zero-order chi connectivity index (χ0) is 14.7. The highest BCUT2D eigenvalue weighted by molar-refractivity contribution is 7.14. The highest BCUT2D eigenvalue weighted by Crippen LogP contribution is 2.26. The summed E-state index contributed by atoms with van der Waals surface area (Å²) >= 11 is 3.28. The van der Waals surface area contributed by atoms with Crippen LogP contribution in [0.4, 0.5) is 0 Å². The van der Waals surface area contributed by atoms with Gasteiger partial charge < -0.3 is 5.32 Å². The first kappa shape index (κ1) is 14.7. The zero-order valence-corrected chi connectivity index (χ0v) is 13.8. The van der Waals surface area contributed by atoms with Gasteiger partial charge in [0.1, 0.15) is 5.01 Å². The number of amides is 1. The Balaban J connectivity index is 1.57. The van der Waals surface area contributed by atoms with Crippen LogP contribution in [0.3, 0.4) is 0 Å². The Kier molecular flexibility index (Phi) is 4.70. The van der Waals surface area contributed by atoms with E-state index in [-0.39, 0.29) is 5.91 Å². The van der Waals surface area contributed by atoms with Crippen molar-refractivity contribution < 1.29 is 4.79 Å². The summed E-state index contributed by atoms with van der Waals surface area (Å²) in [6, 6.07) is 2.41. The van der Waals surface area contributed by atoms with Crippen molar-refractivity contribution in [1.82, 2.24) is 10.3 Å². The lowest BCUT2D eigenvalue weighted by molar-refractivity contribution is -0.121. The van der Waals surface area contributed by atoms with Crippen molar-refractivity contribution in [2.75, 3.05) is 0 Å². The van der Waals surface area contributed by atoms with E-state index < -0.39 is 0 Å². The van der Waals surface area contributed by atoms with Crippen LogP contribution in [0.15, 0.2) is 22.2 Å². The fourth-order valence-electron chi connectivity index (χ4n) is 2.86. The van der Waals surface area contributed by atoms with Crippen LogP contribution in [0.5, 0.6) is 0 Å². The predicted octanol–water partition coefficient (Wildman–Crippen LogP) is 4.11. The average molecular weight is 320 g/mol. The fourth-order valence-corrected chi connectivity index (χ4v) is 4.39. The van der Waals surface area contributed by atoms with Crippen molar-refractivity contribution in [1.29, 1.82) is 0 Å². The van der Waals surface area contributed by atoms with Crippen molar-refractivity contribution in [2.24, 2.45) is 5.92 Å². The standard InChI is InChI=1S/C16H20N2OS2/c1-11-4-2-3-5-14(11)18-15(19)8-13-10-21-16(17-13)12-6-7-20-9-12/h6-7,9-11,14H,2-5,8H2,1H3,(H,18,19). The van der Waals surface area contributed by atoms with E-state index in [9.17, 15) is 4.79 Å². The third-order valence-corrected chi connectivity index (χ3v) is 5.74. The van der Waals surface area contributed by atoms with Gasteiger partial charge in [0, 0.05) is 22.4 Å². The molecule has 0 spiro atoms. The molecule has 1 saturated carbocycles. The Labute approximate surface area is 133 Å². The molecule has 1 fully saturated rings. The Hall–Kier alpha value is -1.20. The second-order valence-electron chi connectivity index (χ2n) is 5.77. The molecule has 1 amide bonds. The molecular weight excluding hydrogens is 300 g/mol. The van der Waals surface area contributed by atoms with Gasteiger partial charge in [0.2, 0.25) is 5.91 Å². The van der Waals surface area contributed by atoms with Crippen molar-refractivity contribution >= 4 is 28.6 Å². The highest BCUT2D eigenvalue weighted by Gasteiger charge is 2.23. The zero-order valence-electron chi connectivity index (χ0n) is 12.2. The maximum absolute atomic E-state index is 12.2. The Morgan fingerprint density at radius 2 is 2.24 bits per heavy atom. The molecular formula is C16H20N2OS2. The van der Waals surface area contributed by atoms with Crippen LogP contribution in [-0.2, 0) is 11.2 Å². The van der Waals surface area contributed by atoms with Gasteiger partial charge in [-0.3, -0.25) is 4.79 Å². The third kappa shape index (κ3) is 3.71. The first-order chi connectivity index (χ1) is 10.2. The summed E-state index contributed by atoms with van der Waals surface area (Å²) in [6.07, 6.45) is 5.26. The molecule has 112 valence electrons. The summed E-state index contributed by atoms with van der Waals surface area (Å²) in [5.41, 5.74) is 2.03. The van der Waals surface area contributed by atoms with E-state index in [1.807, 2.05) is 10.8 Å². The number of nitrogens with one attached hydrogen (secondary N) is 1. The summed E-state index contributed by atoms with van der Waals surface area (Å²) in [5.74, 6) is 0.704. The van der Waals surface area contributed by atoms with Gasteiger partial charge >= 0.3 is 0 Å². The Bertz CT molecular complexity index is 591. The molecule has 0 radical (unpaired) electrons. The van der Waals surface area contributed by atoms with Crippen molar-refractivity contribution in [3.05, 3.63) is 27.9 Å². The fraction of sp³-hybridized carbons (Fsp3) is 0.500. The summed E-state index contributed by atoms with van der Waals surface area (Å²) < 4.78 is 0. The van der Waals surface area contributed by atoms with Gasteiger partial charge in [-0.05, 0) is 30.2 Å². The molecule has 2 heterocycles. The van der Waals surface area contributed by atoms with Crippen LogP contribution < -0.4 is 5.32 Å². The number of rotatable bonds is 4. The molecule has 2 aromatic heterocycles. The van der Waals surface area contributed by atoms with E-state index in [4.69, 9.17) is 0 Å². The minimum Gasteiger partial charge on any atom is -0.353 e. The lowest BCUT2D eigenvalue weighted by atomic mass is 9.86. The van der Waals surface area contributed by atoms with Crippen molar-refractivity contribution in [2.45, 2.75) is 45.1 Å². The van der Waals surface area contributed by atoms with Gasteiger partial charge in [0.15, 0.2) is 0 Å². The largest absolute Gasteiger partial charge is 0.353 e. The maximum atomic E-state index is 12.2. The first-order valence-corrected chi connectivity index (χ1v) is 9.31. The van der Waals surface area contributed by atoms with Crippen LogP contribution in [0.25, 0.3) is 10.6 Å². The summed E-state index contributed by atoms with van der Waals surface area (Å²) in [7, 11) is 0. The Morgan fingerprint density at radius 1 is 1.38 bits per heavy atom. The molecule has 21 heavy (non-hydrogen) atoms. The third-order valence-electron chi connectivity index (χ3n) is 4.12. The number of hydrogen-bond acceptors (Lipinski definition) is 4. The topological polar surface area (TPSA) is 42.0 Å². The molecule has 2 aromatic rings. The maximum Gasteiger partial charge on any atom is 0.226 e. The molecule has 5 heteroatoms. The second-order valence-corrected chi connectivity index (χ2v) is 7.41. The molecule has 2 unspecified atom stereocenters. The van der Waals surface area contributed by atoms with Gasteiger partial charge in [-0.2, -0.15) is 11.3 Å². The van der Waals surface area contributed by atoms with Crippen LogP contribution in [0.2, 0.25) is 0 Å². The van der Waals surface area contributed by atoms with E-state index in [1.54, 1.807) is 22.7 Å². The van der Waals surface area contributed by atoms with Gasteiger partial charge in [0.25, 0.3) is 0 Å². The lowest BCUT2D eigenvalue weighted by Crippen LogP contribution is -2.41. The van der Waals surface area contributed by atoms with Crippen LogP contribution in [0, 0.1) is 5.92 Å². The lowest BCUT2D eigenvalue weighted by Gasteiger charge is -2.29. The molecule has 3 nitrogen and oxygen atoms in total. The van der Waals surface area contributed by atoms with E-state index in [1.165, 1.54) is 19.3 Å². The van der Waals surface area contributed by atoms with Crippen LogP contribution >= 0.6 is 22.7 Å². The number of thiophene rings is 1. The average Bonchev–Trinajstić information content (AvgIpc) is 3.12. The number of carbonyl (C=O) groups is 1. The molecule has 3 rings (SSSR count). The molecule has 0 saturated heterocycles. The Morgan fingerprint density at radius 3 is 3.00 bits per heavy atom.